The van der Waals surface area contributed by atoms with Crippen molar-refractivity contribution in [3.63, 3.8) is 0 Å². The maximum absolute atomic E-state index is 13.2. The molecule has 0 heterocycles. The second-order valence-corrected chi connectivity index (χ2v) is 16.2. The van der Waals surface area contributed by atoms with Crippen LogP contribution in [0.4, 0.5) is 0 Å². The lowest BCUT2D eigenvalue weighted by Gasteiger charge is -2.52. The molecule has 326 valence electrons. The fraction of sp³-hybridized carbons (Fsp3) is 1.00. The highest BCUT2D eigenvalue weighted by Crippen LogP contribution is 2.53. The van der Waals surface area contributed by atoms with Gasteiger partial charge in [0.1, 0.15) is 0 Å². The number of hydrogen-bond acceptors (Lipinski definition) is 14. The number of aliphatic hydroxyl groups is 14. The summed E-state index contributed by atoms with van der Waals surface area (Å²) >= 11 is 0. The van der Waals surface area contributed by atoms with Gasteiger partial charge in [0.25, 0.3) is 0 Å². The second-order valence-electron chi connectivity index (χ2n) is 16.2. The third-order valence-corrected chi connectivity index (χ3v) is 11.2. The average molecular weight is 787 g/mol. The van der Waals surface area contributed by atoms with Gasteiger partial charge in [-0.05, 0) is 122 Å². The molecule has 54 heavy (non-hydrogen) atoms. The zero-order chi connectivity index (χ0) is 40.9. The van der Waals surface area contributed by atoms with Crippen molar-refractivity contribution in [3.8, 4) is 0 Å². The number of rotatable bonds is 39. The largest absolute Gasteiger partial charge is 0.390 e. The van der Waals surface area contributed by atoms with Crippen LogP contribution in [-0.2, 0) is 0 Å². The van der Waals surface area contributed by atoms with Gasteiger partial charge < -0.3 is 71.5 Å². The van der Waals surface area contributed by atoms with E-state index >= 15 is 0 Å². The lowest BCUT2D eigenvalue weighted by Crippen LogP contribution is -2.53. The van der Waals surface area contributed by atoms with E-state index in [9.17, 15) is 71.5 Å². The van der Waals surface area contributed by atoms with E-state index in [-0.39, 0.29) is 44.9 Å². The zero-order valence-electron chi connectivity index (χ0n) is 33.1. The highest BCUT2D eigenvalue weighted by molar-refractivity contribution is 5.03. The first-order valence-corrected chi connectivity index (χ1v) is 21.1. The molecule has 14 heteroatoms. The minimum absolute atomic E-state index is 0.209. The molecule has 0 aromatic heterocycles. The van der Waals surface area contributed by atoms with Crippen LogP contribution >= 0.6 is 0 Å². The molecule has 0 radical (unpaired) electrons. The lowest BCUT2D eigenvalue weighted by molar-refractivity contribution is -0.151. The molecule has 0 aliphatic carbocycles. The molecule has 0 fully saturated rings. The van der Waals surface area contributed by atoms with Gasteiger partial charge in [-0.2, -0.15) is 0 Å². The Morgan fingerprint density at radius 2 is 0.481 bits per heavy atom. The topological polar surface area (TPSA) is 283 Å². The Bertz CT molecular complexity index is 785. The Hall–Kier alpha value is -0.560. The number of aliphatic hydroxyl groups excluding tert-OH is 6. The first-order valence-electron chi connectivity index (χ1n) is 21.1. The first kappa shape index (κ1) is 53.4. The molecule has 14 nitrogen and oxygen atoms in total. The summed E-state index contributed by atoms with van der Waals surface area (Å²) in [6, 6.07) is 0. The van der Waals surface area contributed by atoms with Crippen LogP contribution in [0, 0.1) is 5.41 Å². The number of hydrogen-bond donors (Lipinski definition) is 14. The molecule has 0 atom stereocenters. The average Bonchev–Trinajstić information content (AvgIpc) is 3.06. The Balaban J connectivity index is 6.88. The van der Waals surface area contributed by atoms with Crippen LogP contribution in [0.15, 0.2) is 0 Å². The molecule has 0 rings (SSSR count). The van der Waals surface area contributed by atoms with Crippen LogP contribution in [0.2, 0.25) is 0 Å². The predicted molar refractivity (Wildman–Crippen MR) is 205 cm³/mol. The van der Waals surface area contributed by atoms with E-state index in [0.29, 0.717) is 154 Å². The Morgan fingerprint density at radius 3 is 0.722 bits per heavy atom. The Morgan fingerprint density at radius 1 is 0.259 bits per heavy atom. The predicted octanol–water partition coefficient (Wildman–Crippen LogP) is 3.39. The minimum Gasteiger partial charge on any atom is -0.390 e. The maximum Gasteiger partial charge on any atom is 0.151 e. The van der Waals surface area contributed by atoms with Crippen molar-refractivity contribution in [1.82, 2.24) is 0 Å². The van der Waals surface area contributed by atoms with E-state index < -0.39 is 54.4 Å². The smallest absolute Gasteiger partial charge is 0.151 e. The van der Waals surface area contributed by atoms with Crippen LogP contribution in [0.1, 0.15) is 199 Å². The Kier molecular flexibility index (Phi) is 31.1. The van der Waals surface area contributed by atoms with E-state index in [2.05, 4.69) is 0 Å². The molecule has 0 bridgehead atoms. The van der Waals surface area contributed by atoms with Crippen molar-refractivity contribution >= 4 is 0 Å². The summed E-state index contributed by atoms with van der Waals surface area (Å²) in [4.78, 5) is 0. The zero-order valence-corrected chi connectivity index (χ0v) is 33.1. The van der Waals surface area contributed by atoms with Crippen LogP contribution in [0.5, 0.6) is 0 Å². The van der Waals surface area contributed by atoms with E-state index in [4.69, 9.17) is 0 Å². The number of unbranched alkanes of at least 4 members (excludes halogenated alkanes) is 12. The molecule has 0 aliphatic rings. The van der Waals surface area contributed by atoms with Crippen LogP contribution < -0.4 is 0 Å². The summed E-state index contributed by atoms with van der Waals surface area (Å²) in [5.74, 6) is 0. The molecule has 0 saturated carbocycles. The van der Waals surface area contributed by atoms with Gasteiger partial charge in [0.05, 0.1) is 11.2 Å². The van der Waals surface area contributed by atoms with E-state index in [1.165, 1.54) is 0 Å². The monoisotopic (exact) mass is 787 g/mol. The normalized spacial score (nSPS) is 13.3. The van der Waals surface area contributed by atoms with Gasteiger partial charge in [0.15, 0.2) is 37.7 Å². The van der Waals surface area contributed by atoms with Crippen LogP contribution in [0.25, 0.3) is 0 Å². The van der Waals surface area contributed by atoms with Crippen molar-refractivity contribution < 1.29 is 71.5 Å². The fourth-order valence-corrected chi connectivity index (χ4v) is 8.21. The van der Waals surface area contributed by atoms with Crippen molar-refractivity contribution in [2.75, 3.05) is 0 Å². The van der Waals surface area contributed by atoms with Gasteiger partial charge in [-0.1, -0.05) is 77.0 Å². The molecule has 0 amide bonds. The Labute approximate surface area is 324 Å². The van der Waals surface area contributed by atoms with Gasteiger partial charge in [-0.15, -0.1) is 0 Å². The summed E-state index contributed by atoms with van der Waals surface area (Å²) in [7, 11) is 0. The van der Waals surface area contributed by atoms with Crippen LogP contribution in [-0.4, -0.2) is 120 Å². The molecule has 0 aromatic carbocycles. The van der Waals surface area contributed by atoms with Crippen molar-refractivity contribution in [2.45, 2.75) is 248 Å². The summed E-state index contributed by atoms with van der Waals surface area (Å²) in [6.07, 6.45) is 6.73. The van der Waals surface area contributed by atoms with E-state index in [0.717, 1.165) is 0 Å². The lowest BCUT2D eigenvalue weighted by atomic mass is 9.57. The molecule has 0 unspecified atom stereocenters. The van der Waals surface area contributed by atoms with Gasteiger partial charge in [-0.3, -0.25) is 0 Å². The van der Waals surface area contributed by atoms with Crippen molar-refractivity contribution in [1.29, 1.82) is 0 Å². The third-order valence-electron chi connectivity index (χ3n) is 11.2. The third kappa shape index (κ3) is 27.9. The summed E-state index contributed by atoms with van der Waals surface area (Å²) < 4.78 is 0. The fourth-order valence-electron chi connectivity index (χ4n) is 8.21. The van der Waals surface area contributed by atoms with Gasteiger partial charge >= 0.3 is 0 Å². The van der Waals surface area contributed by atoms with Gasteiger partial charge in [-0.25, -0.2) is 0 Å². The summed E-state index contributed by atoms with van der Waals surface area (Å²) in [5, 5.41) is 139. The molecular weight excluding hydrogens is 704 g/mol. The quantitative estimate of drug-likeness (QED) is 0.0314. The van der Waals surface area contributed by atoms with E-state index in [1.807, 2.05) is 0 Å². The second kappa shape index (κ2) is 31.4. The summed E-state index contributed by atoms with van der Waals surface area (Å²) in [5.41, 5.74) is -3.34. The summed E-state index contributed by atoms with van der Waals surface area (Å²) in [6.45, 7) is 0. The van der Waals surface area contributed by atoms with E-state index in [1.54, 1.807) is 0 Å². The molecule has 0 spiro atoms. The SMILES string of the molecule is OC(O)CCCCCC(O)(CCCCCC(O)O)CC(CCCCCC(O)O)(CCCCCC(O)O)C(O)(CCCCCC(O)O)CCCCCC(O)O. The molecular formula is C40H82O14. The first-order chi connectivity index (χ1) is 25.5. The molecule has 0 aromatic rings. The highest BCUT2D eigenvalue weighted by atomic mass is 16.5. The van der Waals surface area contributed by atoms with Crippen LogP contribution in [0.3, 0.4) is 0 Å². The molecule has 0 aliphatic heterocycles. The van der Waals surface area contributed by atoms with Gasteiger partial charge in [0, 0.05) is 5.41 Å². The van der Waals surface area contributed by atoms with Crippen molar-refractivity contribution in [2.24, 2.45) is 5.41 Å². The van der Waals surface area contributed by atoms with Crippen molar-refractivity contribution in [3.05, 3.63) is 0 Å². The van der Waals surface area contributed by atoms with Gasteiger partial charge in [0.2, 0.25) is 0 Å². The standard InChI is InChI=1S/C40H82O14/c41-32(42)19-7-1-13-25-38(26-14-2-8-20-33(43)44,40(54,29-17-5-11-23-36(49)50)30-18-6-12-24-37(51)52)31-39(53,27-15-3-9-21-34(45)46)28-16-4-10-22-35(47)48/h32-37,41-54H,1-31H2. The minimum atomic E-state index is -1.42. The maximum atomic E-state index is 13.2. The molecule has 0 saturated heterocycles. The molecule has 14 N–H and O–H groups in total. The highest BCUT2D eigenvalue weighted by Gasteiger charge is 2.51.